The standard InChI is InChI=1S/C25H22N6O2.C19H18IN5O3.C19H16IN5O2.C6H8BNO2.Cl3OP/c1-15-5-6-18(12-26-15)17-7-8-22-20(11-17)25(32)29-23-4-2-3-21(28-23)24-30-27-14-31(24)19-9-16(10-19)13-33-22;20-12-4-5-16(14(8-12)19(26)27)28-9-11-6-13(7-11)25-10-22-24-18(25)15-2-1-3-17(21)23-15;20-12-4-5-16-14(8-12)19(26)23-17-3-1-2-15(22-17)18-24-21-10-25(18)13-6-11(7-13)9-27-16;1-5-2-3-6(4-8-5)7(9)10;1-5(2,3)4/h2-8,11-12,14,16,19H,9-10,13H2,1H3,(H,28,29,32);1-5,8,10-11,13H,6-7,9H2,(H2,21,23)(H,26,27);1-5,8,10-11,13H,6-7,9H2,(H,22,23,26);2-4,9-10H,1H3;. The number of halogens is 5. The molecule has 12 heterocycles. The lowest BCUT2D eigenvalue weighted by molar-refractivity contribution is 0.0686. The number of rotatable bonds is 8. The lowest BCUT2D eigenvalue weighted by atomic mass is 9.80. The maximum absolute atomic E-state index is 13.3. The van der Waals surface area contributed by atoms with Crippen molar-refractivity contribution in [2.24, 2.45) is 17.8 Å². The van der Waals surface area contributed by atoms with E-state index in [0.717, 1.165) is 74.0 Å². The third-order valence-corrected chi connectivity index (χ3v) is 18.8. The molecule has 27 nitrogen and oxygen atoms in total. The van der Waals surface area contributed by atoms with E-state index in [0.29, 0.717) is 130 Å². The Bertz CT molecular complexity index is 4900. The Morgan fingerprint density at radius 1 is 0.612 bits per heavy atom. The van der Waals surface area contributed by atoms with E-state index in [1.807, 2.05) is 116 Å². The number of hydrogen-bond acceptors (Lipinski definition) is 21. The van der Waals surface area contributed by atoms with Gasteiger partial charge in [0.05, 0.1) is 30.9 Å². The average Bonchev–Trinajstić information content (AvgIpc) is 1.76. The van der Waals surface area contributed by atoms with E-state index in [-0.39, 0.29) is 23.4 Å². The number of carboxylic acids is 1. The quantitative estimate of drug-likeness (QED) is 0.0467. The number of aromatic nitrogens is 14. The summed E-state index contributed by atoms with van der Waals surface area (Å²) in [6.07, 6.45) is 14.2. The summed E-state index contributed by atoms with van der Waals surface area (Å²) in [6, 6.07) is 41.2. The van der Waals surface area contributed by atoms with Gasteiger partial charge in [-0.15, -0.1) is 30.6 Å². The number of pyridine rings is 5. The Balaban J connectivity index is 0.000000133. The van der Waals surface area contributed by atoms with Crippen LogP contribution in [0.15, 0.2) is 165 Å². The summed E-state index contributed by atoms with van der Waals surface area (Å²) >= 11 is 18.1. The smallest absolute Gasteiger partial charge is 0.490 e. The molecule has 103 heavy (non-hydrogen) atoms. The molecule has 7 N–H and O–H groups in total. The Morgan fingerprint density at radius 2 is 1.08 bits per heavy atom. The number of fused-ring (bicyclic) bond motifs is 4. The fraction of sp³-hybridized carbons (Fsp3) is 0.246. The summed E-state index contributed by atoms with van der Waals surface area (Å²) in [5, 5.41) is 54.1. The molecule has 3 fully saturated rings. The molecule has 3 saturated carbocycles. The number of carbonyl (C=O) groups excluding carboxylic acids is 2. The number of ether oxygens (including phenoxy) is 3. The summed E-state index contributed by atoms with van der Waals surface area (Å²) < 4.78 is 35.5. The number of anilines is 3. The predicted octanol–water partition coefficient (Wildman–Crippen LogP) is 13.0. The topological polar surface area (TPSA) is 363 Å². The van der Waals surface area contributed by atoms with Gasteiger partial charge in [0, 0.05) is 60.1 Å². The third-order valence-electron chi connectivity index (χ3n) is 17.5. The van der Waals surface area contributed by atoms with Crippen molar-refractivity contribution < 1.29 is 48.3 Å². The van der Waals surface area contributed by atoms with E-state index in [1.165, 1.54) is 6.20 Å². The highest BCUT2D eigenvalue weighted by molar-refractivity contribution is 14.1. The van der Waals surface area contributed by atoms with Crippen LogP contribution in [0.25, 0.3) is 45.7 Å². The molecule has 7 aliphatic rings. The van der Waals surface area contributed by atoms with Gasteiger partial charge in [-0.05, 0) is 252 Å². The number of nitrogen functional groups attached to an aromatic ring is 1. The van der Waals surface area contributed by atoms with E-state index in [9.17, 15) is 24.1 Å². The Labute approximate surface area is 632 Å². The van der Waals surface area contributed by atoms with Crippen molar-refractivity contribution in [1.29, 1.82) is 0 Å². The summed E-state index contributed by atoms with van der Waals surface area (Å²) in [7, 11) is -1.41. The average molecular weight is 1690 g/mol. The zero-order valence-electron chi connectivity index (χ0n) is 54.9. The first-order chi connectivity index (χ1) is 49.5. The van der Waals surface area contributed by atoms with E-state index < -0.39 is 18.3 Å². The summed E-state index contributed by atoms with van der Waals surface area (Å²) in [4.78, 5) is 59.4. The number of aromatic carboxylic acids is 1. The highest BCUT2D eigenvalue weighted by Gasteiger charge is 2.36. The molecule has 3 aliphatic carbocycles. The van der Waals surface area contributed by atoms with Gasteiger partial charge in [-0.2, -0.15) is 0 Å². The van der Waals surface area contributed by atoms with E-state index in [1.54, 1.807) is 61.4 Å². The maximum atomic E-state index is 13.3. The molecule has 8 aromatic heterocycles. The number of amides is 2. The van der Waals surface area contributed by atoms with Gasteiger partial charge in [0.1, 0.15) is 76.3 Å². The highest BCUT2D eigenvalue weighted by atomic mass is 127. The summed E-state index contributed by atoms with van der Waals surface area (Å²) in [5.74, 6) is 4.78. The molecule has 3 aromatic carbocycles. The Kier molecular flexibility index (Phi) is 23.8. The first-order valence-corrected chi connectivity index (χ1v) is 38.8. The largest absolute Gasteiger partial charge is 0.492 e. The second-order valence-corrected chi connectivity index (χ2v) is 33.9. The number of carboxylic acid groups (broad SMARTS) is 1. The molecular formula is C69H64BCl3I2N17O10P. The van der Waals surface area contributed by atoms with Crippen molar-refractivity contribution in [3.63, 3.8) is 0 Å². The molecule has 4 aliphatic heterocycles. The number of carbonyl (C=O) groups is 3. The van der Waals surface area contributed by atoms with Crippen LogP contribution in [-0.4, -0.2) is 129 Å². The van der Waals surface area contributed by atoms with Crippen LogP contribution in [0.3, 0.4) is 0 Å². The lowest BCUT2D eigenvalue weighted by Gasteiger charge is -2.36. The van der Waals surface area contributed by atoms with Gasteiger partial charge in [-0.25, -0.2) is 19.7 Å². The molecule has 8 bridgehead atoms. The van der Waals surface area contributed by atoms with Crippen molar-refractivity contribution in [3.8, 4) is 62.9 Å². The molecule has 0 unspecified atom stereocenters. The minimum atomic E-state index is -3.22. The zero-order valence-corrected chi connectivity index (χ0v) is 62.3. The van der Waals surface area contributed by atoms with Crippen LogP contribution in [0, 0.1) is 38.7 Å². The van der Waals surface area contributed by atoms with Crippen LogP contribution in [-0.2, 0) is 4.57 Å². The van der Waals surface area contributed by atoms with Crippen LogP contribution in [0.2, 0.25) is 0 Å². The van der Waals surface area contributed by atoms with E-state index in [4.69, 9.17) is 30.0 Å². The number of hydrogen-bond donors (Lipinski definition) is 6. The SMILES string of the molecule is Cc1ccc(-c2ccc3c(c2)C(=O)Nc2cccc(n2)-c2nncn2C2CC(CO3)C2)cn1.Cc1ccc(B(O)O)cn1.Nc1cccc(-c2nncn2C2CC(COc3ccc(I)cc3C(=O)O)C2)n1.O=C1Nc2cccc(n2)-c2nncn2C2CC(COc3ccc(I)cc31)C2.O=P(Cl)(Cl)Cl. The molecule has 34 heteroatoms. The number of benzene rings is 3. The van der Waals surface area contributed by atoms with Gasteiger partial charge in [0.15, 0.2) is 17.5 Å². The van der Waals surface area contributed by atoms with Gasteiger partial charge in [-0.1, -0.05) is 36.4 Å². The zero-order chi connectivity index (χ0) is 72.5. The van der Waals surface area contributed by atoms with Crippen LogP contribution in [0.4, 0.5) is 17.5 Å². The van der Waals surface area contributed by atoms with E-state index >= 15 is 0 Å². The molecular weight excluding hydrogens is 1630 g/mol. The molecule has 528 valence electrons. The van der Waals surface area contributed by atoms with Crippen molar-refractivity contribution in [2.45, 2.75) is 70.5 Å². The van der Waals surface area contributed by atoms with Gasteiger partial charge >= 0.3 is 18.3 Å². The van der Waals surface area contributed by atoms with Gasteiger partial charge in [0.25, 0.3) is 11.8 Å². The monoisotopic (exact) mass is 1690 g/mol. The van der Waals surface area contributed by atoms with Gasteiger partial charge in [0.2, 0.25) is 0 Å². The van der Waals surface area contributed by atoms with Crippen LogP contribution < -0.4 is 36.0 Å². The first-order valence-electron chi connectivity index (χ1n) is 32.3. The van der Waals surface area contributed by atoms with Crippen molar-refractivity contribution >= 4 is 132 Å². The fourth-order valence-electron chi connectivity index (χ4n) is 12.0. The number of nitrogens with zero attached hydrogens (tertiary/aromatic N) is 14. The van der Waals surface area contributed by atoms with Crippen molar-refractivity contribution in [2.75, 3.05) is 36.2 Å². The van der Waals surface area contributed by atoms with Crippen LogP contribution >= 0.6 is 84.1 Å². The molecule has 18 rings (SSSR count). The summed E-state index contributed by atoms with van der Waals surface area (Å²) in [6.45, 7) is 5.42. The predicted molar refractivity (Wildman–Crippen MR) is 405 cm³/mol. The number of nitrogens with one attached hydrogen (secondary N) is 2. The van der Waals surface area contributed by atoms with Crippen molar-refractivity contribution in [1.82, 2.24) is 69.2 Å². The minimum absolute atomic E-state index is 0.191. The second-order valence-electron chi connectivity index (χ2n) is 24.8. The number of nitrogens with two attached hydrogens (primary N) is 1. The number of aryl methyl sites for hydroxylation is 2. The first kappa shape index (κ1) is 73.7. The van der Waals surface area contributed by atoms with Gasteiger partial charge < -0.3 is 59.4 Å². The lowest BCUT2D eigenvalue weighted by Crippen LogP contribution is -2.31. The summed E-state index contributed by atoms with van der Waals surface area (Å²) in [5.41, 5.74) is 13.1. The molecule has 0 saturated heterocycles. The molecule has 11 aromatic rings. The molecule has 0 spiro atoms. The van der Waals surface area contributed by atoms with Crippen LogP contribution in [0.5, 0.6) is 17.2 Å². The van der Waals surface area contributed by atoms with E-state index in [2.05, 4.69) is 154 Å². The molecule has 0 radical (unpaired) electrons. The molecule has 0 atom stereocenters. The second kappa shape index (κ2) is 33.2. The van der Waals surface area contributed by atoms with Crippen molar-refractivity contribution in [3.05, 3.63) is 200 Å². The van der Waals surface area contributed by atoms with Crippen LogP contribution in [0.1, 0.15) is 99.1 Å². The highest BCUT2D eigenvalue weighted by Crippen LogP contribution is 2.61. The molecule has 2 amide bonds. The Morgan fingerprint density at radius 3 is 1.57 bits per heavy atom. The maximum Gasteiger partial charge on any atom is 0.490 e. The normalized spacial score (nSPS) is 18.2. The Hall–Kier alpha value is -9.02. The van der Waals surface area contributed by atoms with Gasteiger partial charge in [-0.3, -0.25) is 24.1 Å². The third kappa shape index (κ3) is 19.1. The minimum Gasteiger partial charge on any atom is -0.492 e. The fourth-order valence-corrected chi connectivity index (χ4v) is 13.0.